The fraction of sp³-hybridized carbons (Fsp3) is 0.150. The summed E-state index contributed by atoms with van der Waals surface area (Å²) < 4.78 is 25.7. The zero-order chi connectivity index (χ0) is 18.2. The number of hydrogen-bond acceptors (Lipinski definition) is 3. The third-order valence-electron chi connectivity index (χ3n) is 4.18. The Kier molecular flexibility index (Phi) is 4.67. The zero-order valence-electron chi connectivity index (χ0n) is 13.9. The summed E-state index contributed by atoms with van der Waals surface area (Å²) >= 11 is 6.16. The van der Waals surface area contributed by atoms with Gasteiger partial charge in [-0.25, -0.2) is 8.42 Å². The molecule has 3 rings (SSSR count). The summed E-state index contributed by atoms with van der Waals surface area (Å²) in [4.78, 5) is 12.7. The van der Waals surface area contributed by atoms with Crippen LogP contribution in [0.25, 0.3) is 10.8 Å². The minimum absolute atomic E-state index is 0.131. The van der Waals surface area contributed by atoms with E-state index in [-0.39, 0.29) is 4.90 Å². The molecule has 0 saturated carbocycles. The van der Waals surface area contributed by atoms with Crippen LogP contribution in [0.2, 0.25) is 5.02 Å². The molecule has 0 aliphatic rings. The van der Waals surface area contributed by atoms with Gasteiger partial charge in [-0.15, -0.1) is 0 Å². The predicted octanol–water partition coefficient (Wildman–Crippen LogP) is 4.77. The molecule has 128 valence electrons. The van der Waals surface area contributed by atoms with Gasteiger partial charge in [0.15, 0.2) is 15.6 Å². The second kappa shape index (κ2) is 6.62. The van der Waals surface area contributed by atoms with Crippen molar-refractivity contribution in [2.75, 3.05) is 5.75 Å². The summed E-state index contributed by atoms with van der Waals surface area (Å²) in [6, 6.07) is 15.5. The number of ketones is 1. The van der Waals surface area contributed by atoms with Gasteiger partial charge in [0.05, 0.1) is 4.90 Å². The molecule has 0 fully saturated rings. The molecule has 0 saturated heterocycles. The Balaban J connectivity index is 2.05. The first kappa shape index (κ1) is 17.6. The van der Waals surface area contributed by atoms with Gasteiger partial charge in [-0.1, -0.05) is 53.6 Å². The number of fused-ring (bicyclic) bond motifs is 1. The van der Waals surface area contributed by atoms with Crippen LogP contribution >= 0.6 is 11.6 Å². The third-order valence-corrected chi connectivity index (χ3v) is 6.18. The Bertz CT molecular complexity index is 1090. The van der Waals surface area contributed by atoms with Gasteiger partial charge in [0, 0.05) is 21.4 Å². The first-order valence-electron chi connectivity index (χ1n) is 7.80. The summed E-state index contributed by atoms with van der Waals surface area (Å²) in [7, 11) is -3.79. The highest BCUT2D eigenvalue weighted by molar-refractivity contribution is 7.92. The van der Waals surface area contributed by atoms with E-state index >= 15 is 0 Å². The Morgan fingerprint density at radius 2 is 1.64 bits per heavy atom. The molecular formula is C20H17ClO3S. The van der Waals surface area contributed by atoms with Crippen LogP contribution < -0.4 is 0 Å². The Morgan fingerprint density at radius 3 is 2.36 bits per heavy atom. The monoisotopic (exact) mass is 372 g/mol. The second-order valence-corrected chi connectivity index (χ2v) is 8.46. The number of aryl methyl sites for hydroxylation is 2. The molecule has 25 heavy (non-hydrogen) atoms. The minimum atomic E-state index is -3.79. The Morgan fingerprint density at radius 1 is 0.960 bits per heavy atom. The van der Waals surface area contributed by atoms with Gasteiger partial charge in [0.25, 0.3) is 0 Å². The average Bonchev–Trinajstić information content (AvgIpc) is 2.57. The van der Waals surface area contributed by atoms with E-state index in [2.05, 4.69) is 0 Å². The first-order chi connectivity index (χ1) is 11.8. The summed E-state index contributed by atoms with van der Waals surface area (Å²) in [6.45, 7) is 3.68. The van der Waals surface area contributed by atoms with Crippen LogP contribution in [-0.4, -0.2) is 20.0 Å². The molecule has 0 atom stereocenters. The van der Waals surface area contributed by atoms with Crippen molar-refractivity contribution in [3.05, 3.63) is 76.3 Å². The molecule has 0 spiro atoms. The highest BCUT2D eigenvalue weighted by atomic mass is 35.5. The first-order valence-corrected chi connectivity index (χ1v) is 9.83. The second-order valence-electron chi connectivity index (χ2n) is 6.09. The van der Waals surface area contributed by atoms with Crippen molar-refractivity contribution in [1.82, 2.24) is 0 Å². The van der Waals surface area contributed by atoms with Crippen molar-refractivity contribution in [3.63, 3.8) is 0 Å². The number of halogens is 1. The number of Topliss-reactive ketones (excluding diaryl/α,β-unsaturated/α-hetero) is 1. The summed E-state index contributed by atoms with van der Waals surface area (Å²) in [5.74, 6) is -0.969. The summed E-state index contributed by atoms with van der Waals surface area (Å²) in [5.41, 5.74) is 2.14. The lowest BCUT2D eigenvalue weighted by molar-refractivity contribution is 0.102. The third kappa shape index (κ3) is 3.46. The maximum absolute atomic E-state index is 12.9. The van der Waals surface area contributed by atoms with Crippen molar-refractivity contribution in [1.29, 1.82) is 0 Å². The van der Waals surface area contributed by atoms with Crippen molar-refractivity contribution in [3.8, 4) is 0 Å². The van der Waals surface area contributed by atoms with E-state index in [0.717, 1.165) is 11.1 Å². The minimum Gasteiger partial charge on any atom is -0.293 e. The standard InChI is InChI=1S/C20H17ClO3S/c1-13-7-8-14(2)17(11-13)19(22)12-25(23,24)20-10-9-18(21)15-5-3-4-6-16(15)20/h3-11H,12H2,1-2H3. The van der Waals surface area contributed by atoms with Gasteiger partial charge >= 0.3 is 0 Å². The normalized spacial score (nSPS) is 11.6. The van der Waals surface area contributed by atoms with E-state index in [1.165, 1.54) is 6.07 Å². The van der Waals surface area contributed by atoms with Crippen molar-refractivity contribution < 1.29 is 13.2 Å². The molecule has 5 heteroatoms. The molecule has 0 bridgehead atoms. The van der Waals surface area contributed by atoms with Gasteiger partial charge in [0.1, 0.15) is 5.75 Å². The number of rotatable bonds is 4. The molecule has 0 aliphatic heterocycles. The van der Waals surface area contributed by atoms with Gasteiger partial charge < -0.3 is 0 Å². The lowest BCUT2D eigenvalue weighted by Gasteiger charge is -2.10. The van der Waals surface area contributed by atoms with Crippen LogP contribution in [0.1, 0.15) is 21.5 Å². The van der Waals surface area contributed by atoms with Gasteiger partial charge in [-0.3, -0.25) is 4.79 Å². The van der Waals surface area contributed by atoms with Crippen LogP contribution in [0.4, 0.5) is 0 Å². The van der Waals surface area contributed by atoms with Gasteiger partial charge in [0.2, 0.25) is 0 Å². The van der Waals surface area contributed by atoms with Crippen LogP contribution in [-0.2, 0) is 9.84 Å². The van der Waals surface area contributed by atoms with Crippen LogP contribution in [0, 0.1) is 13.8 Å². The molecule has 0 aromatic heterocycles. The molecule has 0 radical (unpaired) electrons. The van der Waals surface area contributed by atoms with Crippen molar-refractivity contribution in [2.24, 2.45) is 0 Å². The molecular weight excluding hydrogens is 356 g/mol. The fourth-order valence-corrected chi connectivity index (χ4v) is 4.54. The summed E-state index contributed by atoms with van der Waals surface area (Å²) in [6.07, 6.45) is 0. The quantitative estimate of drug-likeness (QED) is 0.620. The smallest absolute Gasteiger partial charge is 0.186 e. The maximum atomic E-state index is 12.9. The Hall–Kier alpha value is -2.17. The maximum Gasteiger partial charge on any atom is 0.186 e. The molecule has 0 amide bonds. The van der Waals surface area contributed by atoms with Gasteiger partial charge in [-0.2, -0.15) is 0 Å². The number of hydrogen-bond donors (Lipinski definition) is 0. The van der Waals surface area contributed by atoms with Crippen molar-refractivity contribution >= 4 is 38.0 Å². The van der Waals surface area contributed by atoms with Crippen molar-refractivity contribution in [2.45, 2.75) is 18.7 Å². The highest BCUT2D eigenvalue weighted by Gasteiger charge is 2.24. The number of benzene rings is 3. The molecule has 3 aromatic carbocycles. The molecule has 3 nitrogen and oxygen atoms in total. The molecule has 0 unspecified atom stereocenters. The zero-order valence-corrected chi connectivity index (χ0v) is 15.5. The number of carbonyl (C=O) groups is 1. The topological polar surface area (TPSA) is 51.2 Å². The number of sulfone groups is 1. The SMILES string of the molecule is Cc1ccc(C)c(C(=O)CS(=O)(=O)c2ccc(Cl)c3ccccc23)c1. The van der Waals surface area contributed by atoms with E-state index < -0.39 is 21.4 Å². The van der Waals surface area contributed by atoms with Crippen LogP contribution in [0.3, 0.4) is 0 Å². The van der Waals surface area contributed by atoms with E-state index in [1.807, 2.05) is 19.1 Å². The number of carbonyl (C=O) groups excluding carboxylic acids is 1. The van der Waals surface area contributed by atoms with E-state index in [1.54, 1.807) is 43.3 Å². The summed E-state index contributed by atoms with van der Waals surface area (Å²) in [5, 5.41) is 1.67. The predicted molar refractivity (Wildman–Crippen MR) is 101 cm³/mol. The van der Waals surface area contributed by atoms with Crippen LogP contribution in [0.15, 0.2) is 59.5 Å². The molecule has 3 aromatic rings. The average molecular weight is 373 g/mol. The highest BCUT2D eigenvalue weighted by Crippen LogP contribution is 2.30. The lowest BCUT2D eigenvalue weighted by Crippen LogP contribution is -2.17. The van der Waals surface area contributed by atoms with E-state index in [9.17, 15) is 13.2 Å². The van der Waals surface area contributed by atoms with Crippen LogP contribution in [0.5, 0.6) is 0 Å². The molecule has 0 aliphatic carbocycles. The largest absolute Gasteiger partial charge is 0.293 e. The molecule has 0 heterocycles. The molecule has 0 N–H and O–H groups in total. The Labute approximate surface area is 152 Å². The fourth-order valence-electron chi connectivity index (χ4n) is 2.87. The van der Waals surface area contributed by atoms with Gasteiger partial charge in [-0.05, 0) is 37.6 Å². The van der Waals surface area contributed by atoms with E-state index in [4.69, 9.17) is 11.6 Å². The lowest BCUT2D eigenvalue weighted by atomic mass is 10.0. The van der Waals surface area contributed by atoms with E-state index in [0.29, 0.717) is 21.4 Å².